The highest BCUT2D eigenvalue weighted by Gasteiger charge is 2.23. The Bertz CT molecular complexity index is 1450. The number of anilines is 2. The summed E-state index contributed by atoms with van der Waals surface area (Å²) in [7, 11) is -3.81. The van der Waals surface area contributed by atoms with Crippen LogP contribution in [-0.2, 0) is 16.6 Å². The Balaban J connectivity index is 1.58. The zero-order valence-electron chi connectivity index (χ0n) is 19.4. The van der Waals surface area contributed by atoms with Crippen molar-refractivity contribution in [1.29, 1.82) is 0 Å². The Hall–Kier alpha value is -4.02. The zero-order valence-corrected chi connectivity index (χ0v) is 20.2. The number of benzene rings is 3. The average molecular weight is 491 g/mol. The summed E-state index contributed by atoms with van der Waals surface area (Å²) in [5, 5.41) is 22.3. The molecule has 0 aliphatic carbocycles. The van der Waals surface area contributed by atoms with Crippen LogP contribution in [0.1, 0.15) is 18.2 Å². The molecule has 35 heavy (non-hydrogen) atoms. The minimum absolute atomic E-state index is 0.125. The van der Waals surface area contributed by atoms with Gasteiger partial charge in [-0.05, 0) is 67.9 Å². The van der Waals surface area contributed by atoms with Crippen molar-refractivity contribution in [2.45, 2.75) is 25.3 Å². The summed E-state index contributed by atoms with van der Waals surface area (Å²) in [6.45, 7) is 3.63. The largest absolute Gasteiger partial charge is 0.392 e. The van der Waals surface area contributed by atoms with Crippen molar-refractivity contribution in [2.24, 2.45) is 10.2 Å². The molecule has 3 N–H and O–H groups in total. The normalized spacial score (nSPS) is 11.7. The van der Waals surface area contributed by atoms with Crippen LogP contribution in [0.5, 0.6) is 0 Å². The minimum Gasteiger partial charge on any atom is -0.392 e. The molecule has 0 aliphatic rings. The van der Waals surface area contributed by atoms with Crippen LogP contribution in [-0.4, -0.2) is 29.8 Å². The fraction of sp³-hybridized carbons (Fsp3) is 0.160. The molecule has 0 fully saturated rings. The molecule has 0 saturated heterocycles. The summed E-state index contributed by atoms with van der Waals surface area (Å²) in [5.74, 6) is 0.361. The van der Waals surface area contributed by atoms with Crippen LogP contribution in [0.4, 0.5) is 22.9 Å². The molecule has 0 unspecified atom stereocenters. The van der Waals surface area contributed by atoms with E-state index in [0.717, 1.165) is 5.69 Å². The number of hydrogen-bond acceptors (Lipinski definition) is 7. The van der Waals surface area contributed by atoms with Gasteiger partial charge in [-0.15, -0.1) is 5.11 Å². The van der Waals surface area contributed by atoms with E-state index in [9.17, 15) is 13.5 Å². The van der Waals surface area contributed by atoms with Crippen molar-refractivity contribution < 1.29 is 13.5 Å². The van der Waals surface area contributed by atoms with E-state index < -0.39 is 10.0 Å². The molecule has 180 valence electrons. The fourth-order valence-corrected chi connectivity index (χ4v) is 5.11. The number of aliphatic hydroxyl groups excluding tert-OH is 1. The number of nitrogens with zero attached hydrogens (tertiary/aromatic N) is 5. The number of hydrogen-bond donors (Lipinski definition) is 2. The van der Waals surface area contributed by atoms with E-state index in [1.807, 2.05) is 30.3 Å². The van der Waals surface area contributed by atoms with Crippen LogP contribution in [0, 0.1) is 6.92 Å². The molecular weight excluding hydrogens is 464 g/mol. The van der Waals surface area contributed by atoms with Crippen molar-refractivity contribution in [1.82, 2.24) is 9.78 Å². The van der Waals surface area contributed by atoms with Crippen LogP contribution < -0.4 is 10.0 Å². The number of aromatic nitrogens is 2. The van der Waals surface area contributed by atoms with Crippen molar-refractivity contribution in [2.75, 3.05) is 16.6 Å². The summed E-state index contributed by atoms with van der Waals surface area (Å²) < 4.78 is 29.4. The van der Waals surface area contributed by atoms with Gasteiger partial charge in [-0.2, -0.15) is 10.2 Å². The maximum Gasteiger partial charge on any atom is 0.264 e. The topological polar surface area (TPSA) is 126 Å². The molecule has 0 amide bonds. The number of nitrogens with two attached hydrogens (primary N) is 1. The Morgan fingerprint density at radius 2 is 1.71 bits per heavy atom. The molecule has 3 aromatic carbocycles. The van der Waals surface area contributed by atoms with E-state index in [-0.39, 0.29) is 18.0 Å². The molecule has 1 aromatic heterocycles. The predicted molar refractivity (Wildman–Crippen MR) is 136 cm³/mol. The molecule has 9 nitrogen and oxygen atoms in total. The highest BCUT2D eigenvalue weighted by Crippen LogP contribution is 2.31. The van der Waals surface area contributed by atoms with E-state index in [1.54, 1.807) is 54.9 Å². The second-order valence-electron chi connectivity index (χ2n) is 7.76. The van der Waals surface area contributed by atoms with Gasteiger partial charge >= 0.3 is 0 Å². The summed E-state index contributed by atoms with van der Waals surface area (Å²) >= 11 is 0. The third-order valence-corrected chi connectivity index (χ3v) is 7.34. The number of aryl methyl sites for hydroxylation is 1. The van der Waals surface area contributed by atoms with Crippen LogP contribution in [0.3, 0.4) is 0 Å². The lowest BCUT2D eigenvalue weighted by molar-refractivity contribution is 0.282. The summed E-state index contributed by atoms with van der Waals surface area (Å²) in [6, 6.07) is 22.4. The molecule has 0 spiro atoms. The monoisotopic (exact) mass is 490 g/mol. The quantitative estimate of drug-likeness (QED) is 0.340. The van der Waals surface area contributed by atoms with Gasteiger partial charge in [0.25, 0.3) is 10.0 Å². The number of aliphatic hydroxyl groups is 1. The van der Waals surface area contributed by atoms with Gasteiger partial charge in [0.1, 0.15) is 0 Å². The second kappa shape index (κ2) is 10.1. The minimum atomic E-state index is -3.81. The van der Waals surface area contributed by atoms with Crippen LogP contribution >= 0.6 is 0 Å². The van der Waals surface area contributed by atoms with E-state index in [4.69, 9.17) is 5.73 Å². The average Bonchev–Trinajstić information content (AvgIpc) is 3.17. The van der Waals surface area contributed by atoms with Gasteiger partial charge in [-0.25, -0.2) is 13.1 Å². The first-order valence-electron chi connectivity index (χ1n) is 11.0. The molecule has 0 bridgehead atoms. The van der Waals surface area contributed by atoms with Gasteiger partial charge < -0.3 is 10.8 Å². The van der Waals surface area contributed by atoms with E-state index in [2.05, 4.69) is 15.3 Å². The molecule has 1 heterocycles. The number of para-hydroxylation sites is 1. The summed E-state index contributed by atoms with van der Waals surface area (Å²) in [4.78, 5) is 0.125. The van der Waals surface area contributed by atoms with E-state index in [1.165, 1.54) is 16.4 Å². The number of sulfonamides is 1. The molecule has 0 saturated carbocycles. The van der Waals surface area contributed by atoms with Gasteiger partial charge in [0.05, 0.1) is 34.3 Å². The first-order valence-corrected chi connectivity index (χ1v) is 12.4. The van der Waals surface area contributed by atoms with Crippen molar-refractivity contribution >= 4 is 32.9 Å². The predicted octanol–water partition coefficient (Wildman–Crippen LogP) is 4.89. The standard InChI is InChI=1S/C25H26N6O3S/c1-3-30(22-11-7-8-19(16-22)17-32)35(33,34)23-14-12-20(13-15-23)27-28-24-18(2)29-31(25(24)26)21-9-5-4-6-10-21/h4-16,32H,3,17,26H2,1-2H3/b28-27+. The van der Waals surface area contributed by atoms with Gasteiger partial charge in [-0.1, -0.05) is 30.3 Å². The third-order valence-electron chi connectivity index (χ3n) is 5.42. The third kappa shape index (κ3) is 4.93. The van der Waals surface area contributed by atoms with Gasteiger partial charge in [0.15, 0.2) is 11.5 Å². The number of azo groups is 1. The number of rotatable bonds is 8. The maximum absolute atomic E-state index is 13.3. The molecule has 0 aliphatic heterocycles. The molecule has 0 atom stereocenters. The Kier molecular flexibility index (Phi) is 6.94. The zero-order chi connectivity index (χ0) is 25.0. The maximum atomic E-state index is 13.3. The van der Waals surface area contributed by atoms with Crippen LogP contribution in [0.2, 0.25) is 0 Å². The second-order valence-corrected chi connectivity index (χ2v) is 9.62. The Morgan fingerprint density at radius 3 is 2.37 bits per heavy atom. The molecule has 4 aromatic rings. The highest BCUT2D eigenvalue weighted by atomic mass is 32.2. The smallest absolute Gasteiger partial charge is 0.264 e. The van der Waals surface area contributed by atoms with Gasteiger partial charge in [0.2, 0.25) is 0 Å². The molecule has 10 heteroatoms. The lowest BCUT2D eigenvalue weighted by atomic mass is 10.2. The van der Waals surface area contributed by atoms with Crippen LogP contribution in [0.15, 0.2) is 94.0 Å². The first-order chi connectivity index (χ1) is 16.8. The van der Waals surface area contributed by atoms with Gasteiger partial charge in [0, 0.05) is 6.54 Å². The van der Waals surface area contributed by atoms with Crippen LogP contribution in [0.25, 0.3) is 5.69 Å². The summed E-state index contributed by atoms with van der Waals surface area (Å²) in [5.41, 5.74) is 9.74. The fourth-order valence-electron chi connectivity index (χ4n) is 3.65. The molecular formula is C25H26N6O3S. The SMILES string of the molecule is CCN(c1cccc(CO)c1)S(=O)(=O)c1ccc(/N=N/c2c(C)nn(-c3ccccc3)c2N)cc1. The summed E-state index contributed by atoms with van der Waals surface area (Å²) in [6.07, 6.45) is 0. The lowest BCUT2D eigenvalue weighted by Gasteiger charge is -2.23. The highest BCUT2D eigenvalue weighted by molar-refractivity contribution is 7.92. The van der Waals surface area contributed by atoms with E-state index in [0.29, 0.717) is 34.1 Å². The molecule has 4 rings (SSSR count). The molecule has 0 radical (unpaired) electrons. The Morgan fingerprint density at radius 1 is 1.00 bits per heavy atom. The first kappa shape index (κ1) is 24.1. The Labute approximate surface area is 204 Å². The number of nitrogen functional groups attached to an aromatic ring is 1. The van der Waals surface area contributed by atoms with Crippen molar-refractivity contribution in [3.05, 3.63) is 90.1 Å². The van der Waals surface area contributed by atoms with E-state index >= 15 is 0 Å². The van der Waals surface area contributed by atoms with Crippen molar-refractivity contribution in [3.8, 4) is 5.69 Å². The van der Waals surface area contributed by atoms with Gasteiger partial charge in [-0.3, -0.25) is 4.31 Å². The lowest BCUT2D eigenvalue weighted by Crippen LogP contribution is -2.30. The van der Waals surface area contributed by atoms with Crippen molar-refractivity contribution in [3.63, 3.8) is 0 Å².